The number of hydrogen-bond acceptors (Lipinski definition) is 4. The summed E-state index contributed by atoms with van der Waals surface area (Å²) in [6, 6.07) is 17.1. The number of quaternary nitrogens is 1. The van der Waals surface area contributed by atoms with Gasteiger partial charge in [0.1, 0.15) is 12.6 Å². The maximum absolute atomic E-state index is 13.0. The Balaban J connectivity index is 0.000000614. The first-order chi connectivity index (χ1) is 14.5. The molecule has 170 valence electrons. The summed E-state index contributed by atoms with van der Waals surface area (Å²) in [7, 11) is -1.95. The van der Waals surface area contributed by atoms with Crippen LogP contribution in [-0.2, 0) is 21.3 Å². The molecule has 0 aromatic heterocycles. The highest BCUT2D eigenvalue weighted by Crippen LogP contribution is 2.21. The van der Waals surface area contributed by atoms with Crippen molar-refractivity contribution in [3.8, 4) is 0 Å². The second-order valence-corrected chi connectivity index (χ2v) is 9.87. The second kappa shape index (κ2) is 11.4. The molecule has 1 fully saturated rings. The van der Waals surface area contributed by atoms with Gasteiger partial charge in [-0.2, -0.15) is 0 Å². The topological polar surface area (TPSA) is 82.0 Å². The van der Waals surface area contributed by atoms with Gasteiger partial charge in [0, 0.05) is 26.1 Å². The van der Waals surface area contributed by atoms with Gasteiger partial charge in [-0.1, -0.05) is 59.7 Å². The Hall–Kier alpha value is -2.22. The van der Waals surface area contributed by atoms with Crippen LogP contribution in [0.15, 0.2) is 48.5 Å². The van der Waals surface area contributed by atoms with Crippen LogP contribution in [0.3, 0.4) is 0 Å². The summed E-state index contributed by atoms with van der Waals surface area (Å²) in [6.45, 7) is 7.64. The molecule has 2 aromatic carbocycles. The predicted molar refractivity (Wildman–Crippen MR) is 122 cm³/mol. The van der Waals surface area contributed by atoms with Gasteiger partial charge in [-0.15, -0.1) is 0 Å². The second-order valence-electron chi connectivity index (χ2n) is 8.46. The Morgan fingerprint density at radius 3 is 2.19 bits per heavy atom. The average molecular weight is 447 g/mol. The molecule has 1 unspecified atom stereocenters. The number of rotatable bonds is 6. The Morgan fingerprint density at radius 1 is 1.06 bits per heavy atom. The number of aryl methyl sites for hydroxylation is 2. The monoisotopic (exact) mass is 446 g/mol. The SMILES string of the molecule is CS(=O)(=O)[O-].Cc1ccc(CC(=O)N(C)C(C[NH+]2CCCC2)c2cccc(C)c2)cc1. The van der Waals surface area contributed by atoms with Crippen LogP contribution in [0.25, 0.3) is 0 Å². The molecule has 0 spiro atoms. The summed E-state index contributed by atoms with van der Waals surface area (Å²) >= 11 is 0. The van der Waals surface area contributed by atoms with Gasteiger partial charge in [0.15, 0.2) is 0 Å². The molecule has 1 aliphatic heterocycles. The minimum absolute atomic E-state index is 0.140. The third-order valence-electron chi connectivity index (χ3n) is 5.56. The molecular formula is C24H34N2O4S. The molecule has 2 aromatic rings. The molecule has 1 saturated heterocycles. The van der Waals surface area contributed by atoms with Crippen molar-refractivity contribution >= 4 is 16.0 Å². The fourth-order valence-corrected chi connectivity index (χ4v) is 3.89. The molecule has 3 rings (SSSR count). The van der Waals surface area contributed by atoms with Gasteiger partial charge in [-0.3, -0.25) is 4.79 Å². The van der Waals surface area contributed by atoms with Crippen LogP contribution in [0.4, 0.5) is 0 Å². The van der Waals surface area contributed by atoms with Crippen LogP contribution in [0.1, 0.15) is 41.1 Å². The lowest BCUT2D eigenvalue weighted by Gasteiger charge is -2.30. The zero-order valence-electron chi connectivity index (χ0n) is 18.9. The lowest BCUT2D eigenvalue weighted by molar-refractivity contribution is -0.890. The van der Waals surface area contributed by atoms with E-state index in [-0.39, 0.29) is 11.9 Å². The summed E-state index contributed by atoms with van der Waals surface area (Å²) in [4.78, 5) is 16.6. The summed E-state index contributed by atoms with van der Waals surface area (Å²) < 4.78 is 27.2. The number of likely N-dealkylation sites (N-methyl/N-ethyl adjacent to an activating group) is 1. The summed E-state index contributed by atoms with van der Waals surface area (Å²) in [5.74, 6) is 0.193. The smallest absolute Gasteiger partial charge is 0.227 e. The Kier molecular flexibility index (Phi) is 9.22. The van der Waals surface area contributed by atoms with Crippen LogP contribution < -0.4 is 4.90 Å². The number of carbonyl (C=O) groups is 1. The maximum Gasteiger partial charge on any atom is 0.227 e. The van der Waals surface area contributed by atoms with Crippen molar-refractivity contribution in [1.82, 2.24) is 4.90 Å². The fraction of sp³-hybridized carbons (Fsp3) is 0.458. The van der Waals surface area contributed by atoms with E-state index in [1.807, 2.05) is 11.9 Å². The minimum Gasteiger partial charge on any atom is -0.748 e. The summed E-state index contributed by atoms with van der Waals surface area (Å²) in [5.41, 5.74) is 4.82. The number of benzene rings is 2. The summed E-state index contributed by atoms with van der Waals surface area (Å²) in [6.07, 6.45) is 3.68. The van der Waals surface area contributed by atoms with Crippen LogP contribution >= 0.6 is 0 Å². The van der Waals surface area contributed by atoms with E-state index in [1.165, 1.54) is 42.6 Å². The minimum atomic E-state index is -3.92. The first kappa shape index (κ1) is 25.0. The van der Waals surface area contributed by atoms with Gasteiger partial charge < -0.3 is 14.4 Å². The molecule has 7 heteroatoms. The molecule has 0 saturated carbocycles. The van der Waals surface area contributed by atoms with E-state index < -0.39 is 10.1 Å². The lowest BCUT2D eigenvalue weighted by Crippen LogP contribution is -3.10. The number of likely N-dealkylation sites (tertiary alicyclic amines) is 1. The van der Waals surface area contributed by atoms with Crippen LogP contribution in [-0.4, -0.2) is 56.7 Å². The molecule has 0 radical (unpaired) electrons. The molecule has 6 nitrogen and oxygen atoms in total. The Bertz CT molecular complexity index is 944. The van der Waals surface area contributed by atoms with Crippen LogP contribution in [0, 0.1) is 13.8 Å². The van der Waals surface area contributed by atoms with Gasteiger partial charge in [0.2, 0.25) is 5.91 Å². The Labute approximate surface area is 186 Å². The van der Waals surface area contributed by atoms with Gasteiger partial charge in [-0.05, 0) is 25.0 Å². The molecule has 1 aliphatic rings. The van der Waals surface area contributed by atoms with E-state index in [1.54, 1.807) is 4.90 Å². The van der Waals surface area contributed by atoms with E-state index in [4.69, 9.17) is 13.0 Å². The average Bonchev–Trinajstić information content (AvgIpc) is 3.19. The van der Waals surface area contributed by atoms with E-state index in [0.29, 0.717) is 12.7 Å². The predicted octanol–water partition coefficient (Wildman–Crippen LogP) is 1.89. The first-order valence-corrected chi connectivity index (χ1v) is 12.5. The zero-order chi connectivity index (χ0) is 23.0. The number of nitrogens with zero attached hydrogens (tertiary/aromatic N) is 1. The molecule has 0 bridgehead atoms. The maximum atomic E-state index is 13.0. The lowest BCUT2D eigenvalue weighted by atomic mass is 10.0. The van der Waals surface area contributed by atoms with E-state index in [0.717, 1.165) is 12.1 Å². The van der Waals surface area contributed by atoms with Crippen molar-refractivity contribution in [2.24, 2.45) is 0 Å². The van der Waals surface area contributed by atoms with Crippen molar-refractivity contribution in [2.45, 2.75) is 39.2 Å². The third kappa shape index (κ3) is 9.21. The van der Waals surface area contributed by atoms with Gasteiger partial charge in [-0.25, -0.2) is 8.42 Å². The number of amides is 1. The standard InChI is InChI=1S/C23H30N2O.CH4O3S/c1-18-9-11-20(12-10-18)16-23(26)24(3)22(17-25-13-4-5-14-25)21-8-6-7-19(2)15-21;1-5(2,3)4/h6-12,15,22H,4-5,13-14,16-17H2,1-3H3;1H3,(H,2,3,4). The van der Waals surface area contributed by atoms with E-state index in [2.05, 4.69) is 62.4 Å². The van der Waals surface area contributed by atoms with Gasteiger partial charge in [0.25, 0.3) is 0 Å². The molecule has 1 atom stereocenters. The number of carbonyl (C=O) groups excluding carboxylic acids is 1. The molecular weight excluding hydrogens is 412 g/mol. The third-order valence-corrected chi connectivity index (χ3v) is 5.56. The highest BCUT2D eigenvalue weighted by atomic mass is 32.2. The largest absolute Gasteiger partial charge is 0.748 e. The first-order valence-electron chi connectivity index (χ1n) is 10.6. The highest BCUT2D eigenvalue weighted by molar-refractivity contribution is 7.84. The number of hydrogen-bond donors (Lipinski definition) is 1. The quantitative estimate of drug-likeness (QED) is 0.687. The van der Waals surface area contributed by atoms with Crippen LogP contribution in [0.2, 0.25) is 0 Å². The normalized spacial score (nSPS) is 15.1. The van der Waals surface area contributed by atoms with Crippen molar-refractivity contribution in [1.29, 1.82) is 0 Å². The van der Waals surface area contributed by atoms with Crippen molar-refractivity contribution in [3.63, 3.8) is 0 Å². The van der Waals surface area contributed by atoms with Crippen molar-refractivity contribution in [2.75, 3.05) is 32.9 Å². The van der Waals surface area contributed by atoms with E-state index in [9.17, 15) is 4.79 Å². The Morgan fingerprint density at radius 2 is 1.65 bits per heavy atom. The molecule has 1 N–H and O–H groups in total. The van der Waals surface area contributed by atoms with Crippen molar-refractivity contribution < 1.29 is 22.7 Å². The molecule has 0 aliphatic carbocycles. The van der Waals surface area contributed by atoms with Crippen LogP contribution in [0.5, 0.6) is 0 Å². The van der Waals surface area contributed by atoms with Crippen molar-refractivity contribution in [3.05, 3.63) is 70.8 Å². The molecule has 1 heterocycles. The van der Waals surface area contributed by atoms with Gasteiger partial charge >= 0.3 is 0 Å². The van der Waals surface area contributed by atoms with Gasteiger partial charge in [0.05, 0.1) is 29.6 Å². The highest BCUT2D eigenvalue weighted by Gasteiger charge is 2.28. The molecule has 31 heavy (non-hydrogen) atoms. The fourth-order valence-electron chi connectivity index (χ4n) is 3.89. The zero-order valence-corrected chi connectivity index (χ0v) is 19.7. The van der Waals surface area contributed by atoms with E-state index >= 15 is 0 Å². The number of nitrogens with one attached hydrogen (secondary N) is 1. The summed E-state index contributed by atoms with van der Waals surface area (Å²) in [5, 5.41) is 0. The molecule has 1 amide bonds.